The van der Waals surface area contributed by atoms with E-state index in [1.807, 2.05) is 19.9 Å². The van der Waals surface area contributed by atoms with Gasteiger partial charge in [-0.15, -0.1) is 0 Å². The lowest BCUT2D eigenvalue weighted by Gasteiger charge is -2.38. The van der Waals surface area contributed by atoms with Crippen molar-refractivity contribution in [2.75, 3.05) is 31.1 Å². The van der Waals surface area contributed by atoms with Crippen molar-refractivity contribution in [3.05, 3.63) is 17.6 Å². The number of nitrogens with one attached hydrogen (secondary N) is 2. The molecule has 1 atom stereocenters. The molecule has 1 unspecified atom stereocenters. The molecule has 1 aromatic heterocycles. The molecule has 1 aliphatic carbocycles. The molecule has 3 rings (SSSR count). The van der Waals surface area contributed by atoms with Crippen LogP contribution in [0.25, 0.3) is 0 Å². The predicted octanol–water partition coefficient (Wildman–Crippen LogP) is 1.41. The van der Waals surface area contributed by atoms with Gasteiger partial charge in [0.15, 0.2) is 0 Å². The molecule has 8 heteroatoms. The van der Waals surface area contributed by atoms with Gasteiger partial charge in [0, 0.05) is 49.9 Å². The van der Waals surface area contributed by atoms with Gasteiger partial charge >= 0.3 is 6.03 Å². The number of imide groups is 1. The second-order valence-electron chi connectivity index (χ2n) is 7.82. The van der Waals surface area contributed by atoms with E-state index in [1.165, 1.54) is 0 Å². The summed E-state index contributed by atoms with van der Waals surface area (Å²) < 4.78 is 0. The maximum absolute atomic E-state index is 12.3. The molecule has 2 N–H and O–H groups in total. The third kappa shape index (κ3) is 5.15. The summed E-state index contributed by atoms with van der Waals surface area (Å²) in [7, 11) is 0. The Morgan fingerprint density at radius 2 is 1.78 bits per heavy atom. The maximum atomic E-state index is 12.3. The van der Waals surface area contributed by atoms with E-state index in [9.17, 15) is 9.59 Å². The molecule has 2 heterocycles. The Kier molecular flexibility index (Phi) is 5.94. The van der Waals surface area contributed by atoms with Crippen molar-refractivity contribution in [2.24, 2.45) is 0 Å². The number of anilines is 1. The highest BCUT2D eigenvalue weighted by Gasteiger charge is 2.29. The molecule has 2 fully saturated rings. The van der Waals surface area contributed by atoms with E-state index >= 15 is 0 Å². The first-order valence-corrected chi connectivity index (χ1v) is 9.79. The largest absolute Gasteiger partial charge is 0.354 e. The normalized spacial score (nSPS) is 19.1. The number of carbonyl (C=O) groups is 2. The highest BCUT2D eigenvalue weighted by Crippen LogP contribution is 2.20. The van der Waals surface area contributed by atoms with Crippen LogP contribution in [0.5, 0.6) is 0 Å². The number of piperazine rings is 1. The second kappa shape index (κ2) is 8.21. The van der Waals surface area contributed by atoms with Gasteiger partial charge in [0.2, 0.25) is 5.91 Å². The Labute approximate surface area is 160 Å². The minimum absolute atomic E-state index is 0.240. The SMILES string of the molecule is Cc1cc(N2CCN(C(C)C(=O)NC(=O)NC3CC3)CC2)nc(C(C)C)n1. The minimum Gasteiger partial charge on any atom is -0.354 e. The number of aryl methyl sites for hydroxylation is 1. The number of carbonyl (C=O) groups excluding carboxylic acids is 2. The number of hydrogen-bond donors (Lipinski definition) is 2. The van der Waals surface area contributed by atoms with Crippen molar-refractivity contribution < 1.29 is 9.59 Å². The second-order valence-corrected chi connectivity index (χ2v) is 7.82. The third-order valence-corrected chi connectivity index (χ3v) is 5.09. The molecular formula is C19H30N6O2. The van der Waals surface area contributed by atoms with Crippen LogP contribution in [0, 0.1) is 6.92 Å². The number of hydrogen-bond acceptors (Lipinski definition) is 6. The van der Waals surface area contributed by atoms with E-state index in [4.69, 9.17) is 4.98 Å². The van der Waals surface area contributed by atoms with Gasteiger partial charge in [-0.05, 0) is 26.7 Å². The molecule has 148 valence electrons. The van der Waals surface area contributed by atoms with Gasteiger partial charge in [-0.2, -0.15) is 0 Å². The molecular weight excluding hydrogens is 344 g/mol. The lowest BCUT2D eigenvalue weighted by molar-refractivity contribution is -0.124. The Balaban J connectivity index is 1.53. The van der Waals surface area contributed by atoms with Crippen molar-refractivity contribution in [3.63, 3.8) is 0 Å². The van der Waals surface area contributed by atoms with Crippen molar-refractivity contribution in [1.29, 1.82) is 0 Å². The predicted molar refractivity (Wildman–Crippen MR) is 104 cm³/mol. The van der Waals surface area contributed by atoms with Gasteiger partial charge in [-0.3, -0.25) is 15.0 Å². The van der Waals surface area contributed by atoms with Crippen LogP contribution in [-0.2, 0) is 4.79 Å². The molecule has 1 aromatic rings. The van der Waals surface area contributed by atoms with Crippen LogP contribution in [-0.4, -0.2) is 65.1 Å². The molecule has 1 aliphatic heterocycles. The minimum atomic E-state index is -0.384. The topological polar surface area (TPSA) is 90.5 Å². The summed E-state index contributed by atoms with van der Waals surface area (Å²) in [5.41, 5.74) is 0.973. The van der Waals surface area contributed by atoms with Crippen LogP contribution in [0.3, 0.4) is 0 Å². The molecule has 1 saturated heterocycles. The lowest BCUT2D eigenvalue weighted by Crippen LogP contribution is -2.55. The average Bonchev–Trinajstić information content (AvgIpc) is 3.44. The maximum Gasteiger partial charge on any atom is 0.321 e. The third-order valence-electron chi connectivity index (χ3n) is 5.09. The zero-order chi connectivity index (χ0) is 19.6. The molecule has 8 nitrogen and oxygen atoms in total. The standard InChI is InChI=1S/C19H30N6O2/c1-12(2)17-20-13(3)11-16(22-17)25-9-7-24(8-10-25)14(4)18(26)23-19(27)21-15-5-6-15/h11-12,14-15H,5-10H2,1-4H3,(H2,21,23,26,27). The average molecular weight is 374 g/mol. The zero-order valence-corrected chi connectivity index (χ0v) is 16.7. The van der Waals surface area contributed by atoms with Crippen molar-refractivity contribution in [3.8, 4) is 0 Å². The van der Waals surface area contributed by atoms with Crippen LogP contribution in [0.4, 0.5) is 10.6 Å². The van der Waals surface area contributed by atoms with Crippen LogP contribution < -0.4 is 15.5 Å². The molecule has 0 radical (unpaired) electrons. The summed E-state index contributed by atoms with van der Waals surface area (Å²) in [6, 6.07) is 1.53. The molecule has 27 heavy (non-hydrogen) atoms. The summed E-state index contributed by atoms with van der Waals surface area (Å²) >= 11 is 0. The summed E-state index contributed by atoms with van der Waals surface area (Å²) in [6.07, 6.45) is 2.00. The van der Waals surface area contributed by atoms with E-state index in [-0.39, 0.29) is 29.9 Å². The van der Waals surface area contributed by atoms with Gasteiger partial charge < -0.3 is 10.2 Å². The van der Waals surface area contributed by atoms with E-state index in [1.54, 1.807) is 0 Å². The fraction of sp³-hybridized carbons (Fsp3) is 0.684. The smallest absolute Gasteiger partial charge is 0.321 e. The van der Waals surface area contributed by atoms with E-state index in [2.05, 4.69) is 39.3 Å². The first-order valence-electron chi connectivity index (χ1n) is 9.79. The number of rotatable bonds is 5. The van der Waals surface area contributed by atoms with Gasteiger partial charge in [0.25, 0.3) is 0 Å². The zero-order valence-electron chi connectivity index (χ0n) is 16.7. The molecule has 1 saturated carbocycles. The molecule has 0 spiro atoms. The fourth-order valence-corrected chi connectivity index (χ4v) is 3.16. The molecule has 0 bridgehead atoms. The van der Waals surface area contributed by atoms with E-state index in [0.717, 1.165) is 56.4 Å². The lowest BCUT2D eigenvalue weighted by atomic mass is 10.2. The first-order chi connectivity index (χ1) is 12.8. The van der Waals surface area contributed by atoms with Gasteiger partial charge in [0.1, 0.15) is 11.6 Å². The van der Waals surface area contributed by atoms with E-state index in [0.29, 0.717) is 0 Å². The molecule has 0 aromatic carbocycles. The van der Waals surface area contributed by atoms with Crippen LogP contribution in [0.1, 0.15) is 51.0 Å². The summed E-state index contributed by atoms with van der Waals surface area (Å²) in [4.78, 5) is 37.6. The summed E-state index contributed by atoms with van der Waals surface area (Å²) in [5, 5.41) is 5.23. The van der Waals surface area contributed by atoms with Crippen molar-refractivity contribution in [2.45, 2.75) is 58.5 Å². The Morgan fingerprint density at radius 3 is 2.37 bits per heavy atom. The Hall–Kier alpha value is -2.22. The van der Waals surface area contributed by atoms with Gasteiger partial charge in [-0.25, -0.2) is 14.8 Å². The number of nitrogens with zero attached hydrogens (tertiary/aromatic N) is 4. The number of amides is 3. The summed E-state index contributed by atoms with van der Waals surface area (Å²) in [5.74, 6) is 1.85. The van der Waals surface area contributed by atoms with E-state index < -0.39 is 0 Å². The number of aromatic nitrogens is 2. The van der Waals surface area contributed by atoms with Gasteiger partial charge in [0.05, 0.1) is 6.04 Å². The summed E-state index contributed by atoms with van der Waals surface area (Å²) in [6.45, 7) is 11.1. The highest BCUT2D eigenvalue weighted by molar-refractivity contribution is 5.97. The monoisotopic (exact) mass is 374 g/mol. The fourth-order valence-electron chi connectivity index (χ4n) is 3.16. The molecule has 2 aliphatic rings. The molecule has 3 amide bonds. The van der Waals surface area contributed by atoms with Gasteiger partial charge in [-0.1, -0.05) is 13.8 Å². The van der Waals surface area contributed by atoms with Crippen molar-refractivity contribution in [1.82, 2.24) is 25.5 Å². The number of urea groups is 1. The van der Waals surface area contributed by atoms with Crippen LogP contribution >= 0.6 is 0 Å². The Morgan fingerprint density at radius 1 is 1.11 bits per heavy atom. The van der Waals surface area contributed by atoms with Crippen molar-refractivity contribution >= 4 is 17.8 Å². The Bertz CT molecular complexity index is 695. The quantitative estimate of drug-likeness (QED) is 0.810. The van der Waals surface area contributed by atoms with Crippen LogP contribution in [0.15, 0.2) is 6.07 Å². The first kappa shape index (κ1) is 19.5. The van der Waals surface area contributed by atoms with Crippen LogP contribution in [0.2, 0.25) is 0 Å². The highest BCUT2D eigenvalue weighted by atomic mass is 16.2.